The van der Waals surface area contributed by atoms with Crippen LogP contribution in [0.25, 0.3) is 0 Å². The molecule has 2 atom stereocenters. The van der Waals surface area contributed by atoms with E-state index in [0.29, 0.717) is 6.10 Å². The largest absolute Gasteiger partial charge is 0.376 e. The van der Waals surface area contributed by atoms with Gasteiger partial charge in [0, 0.05) is 19.6 Å². The molecule has 1 heterocycles. The fourth-order valence-electron chi connectivity index (χ4n) is 3.24. The molecule has 21 heavy (non-hydrogen) atoms. The minimum atomic E-state index is 0. The molecule has 0 aromatic carbocycles. The summed E-state index contributed by atoms with van der Waals surface area (Å²) in [5.74, 6) is 1.80. The topological polar surface area (TPSA) is 36.9 Å². The van der Waals surface area contributed by atoms with E-state index in [2.05, 4.69) is 24.1 Å². The molecule has 1 saturated heterocycles. The number of likely N-dealkylation sites (tertiary alicyclic amines) is 1. The number of ether oxygens (including phenoxy) is 1. The van der Waals surface area contributed by atoms with E-state index >= 15 is 0 Å². The van der Waals surface area contributed by atoms with Gasteiger partial charge < -0.3 is 15.0 Å². The second-order valence-corrected chi connectivity index (χ2v) is 6.10. The first-order valence-electron chi connectivity index (χ1n) is 8.46. The summed E-state index contributed by atoms with van der Waals surface area (Å²) in [5, 5.41) is 3.39. The van der Waals surface area contributed by atoms with Crippen LogP contribution in [0.4, 0.5) is 0 Å². The highest BCUT2D eigenvalue weighted by atomic mass is 127. The van der Waals surface area contributed by atoms with Crippen LogP contribution in [0, 0.1) is 5.92 Å². The fraction of sp³-hybridized carbons (Fsp3) is 0.938. The molecular formula is C16H32IN3O. The van der Waals surface area contributed by atoms with E-state index < -0.39 is 0 Å². The summed E-state index contributed by atoms with van der Waals surface area (Å²) < 4.78 is 6.03. The minimum Gasteiger partial charge on any atom is -0.376 e. The Bertz CT molecular complexity index is 306. The normalized spacial score (nSPS) is 26.6. The van der Waals surface area contributed by atoms with Gasteiger partial charge in [-0.25, -0.2) is 0 Å². The van der Waals surface area contributed by atoms with E-state index in [0.717, 1.165) is 44.7 Å². The van der Waals surface area contributed by atoms with E-state index in [1.54, 1.807) is 0 Å². The molecule has 1 aliphatic carbocycles. The summed E-state index contributed by atoms with van der Waals surface area (Å²) in [7, 11) is 0. The van der Waals surface area contributed by atoms with E-state index in [-0.39, 0.29) is 24.0 Å². The number of halogens is 1. The molecule has 1 aliphatic heterocycles. The second kappa shape index (κ2) is 10.6. The third-order valence-corrected chi connectivity index (χ3v) is 4.46. The maximum atomic E-state index is 6.03. The quantitative estimate of drug-likeness (QED) is 0.328. The molecule has 2 rings (SSSR count). The van der Waals surface area contributed by atoms with Crippen LogP contribution < -0.4 is 5.32 Å². The number of rotatable bonds is 5. The van der Waals surface area contributed by atoms with Gasteiger partial charge in [0.15, 0.2) is 5.96 Å². The highest BCUT2D eigenvalue weighted by Crippen LogP contribution is 2.26. The third kappa shape index (κ3) is 6.30. The fourth-order valence-corrected chi connectivity index (χ4v) is 3.24. The van der Waals surface area contributed by atoms with Crippen molar-refractivity contribution in [2.75, 3.05) is 32.8 Å². The summed E-state index contributed by atoms with van der Waals surface area (Å²) in [6.45, 7) is 9.22. The SMILES string of the molecule is CCNC(=NCCOC1CCCCC1C)N1CCCC1.I. The summed E-state index contributed by atoms with van der Waals surface area (Å²) >= 11 is 0. The number of nitrogens with one attached hydrogen (secondary N) is 1. The van der Waals surface area contributed by atoms with Crippen molar-refractivity contribution in [2.24, 2.45) is 10.9 Å². The number of hydrogen-bond acceptors (Lipinski definition) is 2. The van der Waals surface area contributed by atoms with Crippen molar-refractivity contribution >= 4 is 29.9 Å². The molecule has 124 valence electrons. The molecule has 2 fully saturated rings. The maximum absolute atomic E-state index is 6.03. The van der Waals surface area contributed by atoms with Gasteiger partial charge in [-0.15, -0.1) is 24.0 Å². The Hall–Kier alpha value is -0.0400. The Morgan fingerprint density at radius 2 is 1.90 bits per heavy atom. The molecule has 0 aromatic heterocycles. The highest BCUT2D eigenvalue weighted by Gasteiger charge is 2.21. The van der Waals surface area contributed by atoms with Gasteiger partial charge in [0.2, 0.25) is 0 Å². The number of hydrogen-bond donors (Lipinski definition) is 1. The van der Waals surface area contributed by atoms with E-state index in [4.69, 9.17) is 9.73 Å². The van der Waals surface area contributed by atoms with Gasteiger partial charge in [-0.3, -0.25) is 4.99 Å². The molecular weight excluding hydrogens is 377 g/mol. The molecule has 0 bridgehead atoms. The van der Waals surface area contributed by atoms with Crippen LogP contribution in [0.15, 0.2) is 4.99 Å². The molecule has 0 radical (unpaired) electrons. The molecule has 1 saturated carbocycles. The average Bonchev–Trinajstić information content (AvgIpc) is 2.98. The van der Waals surface area contributed by atoms with E-state index in [1.165, 1.54) is 38.5 Å². The van der Waals surface area contributed by atoms with Crippen LogP contribution in [0.3, 0.4) is 0 Å². The second-order valence-electron chi connectivity index (χ2n) is 6.10. The van der Waals surface area contributed by atoms with Crippen molar-refractivity contribution in [3.63, 3.8) is 0 Å². The lowest BCUT2D eigenvalue weighted by atomic mass is 9.88. The van der Waals surface area contributed by atoms with Crippen molar-refractivity contribution in [2.45, 2.75) is 58.5 Å². The van der Waals surface area contributed by atoms with Crippen LogP contribution in [0.1, 0.15) is 52.4 Å². The molecule has 0 amide bonds. The van der Waals surface area contributed by atoms with Gasteiger partial charge in [0.05, 0.1) is 19.3 Å². The average molecular weight is 409 g/mol. The summed E-state index contributed by atoms with van der Waals surface area (Å²) in [6.07, 6.45) is 8.31. The first-order chi connectivity index (χ1) is 9.81. The highest BCUT2D eigenvalue weighted by molar-refractivity contribution is 14.0. The van der Waals surface area contributed by atoms with Crippen molar-refractivity contribution < 1.29 is 4.74 Å². The van der Waals surface area contributed by atoms with Crippen molar-refractivity contribution in [3.05, 3.63) is 0 Å². The Morgan fingerprint density at radius 3 is 2.57 bits per heavy atom. The van der Waals surface area contributed by atoms with Crippen molar-refractivity contribution in [3.8, 4) is 0 Å². The first-order valence-corrected chi connectivity index (χ1v) is 8.46. The first kappa shape index (κ1) is 19.0. The van der Waals surface area contributed by atoms with Crippen molar-refractivity contribution in [1.82, 2.24) is 10.2 Å². The summed E-state index contributed by atoms with van der Waals surface area (Å²) in [4.78, 5) is 7.08. The van der Waals surface area contributed by atoms with Gasteiger partial charge in [-0.1, -0.05) is 19.8 Å². The van der Waals surface area contributed by atoms with Gasteiger partial charge in [0.1, 0.15) is 0 Å². The van der Waals surface area contributed by atoms with Gasteiger partial charge in [-0.2, -0.15) is 0 Å². The zero-order valence-corrected chi connectivity index (χ0v) is 16.0. The Kier molecular flexibility index (Phi) is 9.64. The van der Waals surface area contributed by atoms with Gasteiger partial charge in [0.25, 0.3) is 0 Å². The zero-order chi connectivity index (χ0) is 14.2. The standard InChI is InChI=1S/C16H31N3O.HI/c1-3-17-16(19-11-6-7-12-19)18-10-13-20-15-9-5-4-8-14(15)2;/h14-15H,3-13H2,1-2H3,(H,17,18);1H. The molecule has 0 aromatic rings. The zero-order valence-electron chi connectivity index (χ0n) is 13.6. The lowest BCUT2D eigenvalue weighted by Crippen LogP contribution is -2.39. The predicted molar refractivity (Wildman–Crippen MR) is 99.6 cm³/mol. The molecule has 1 N–H and O–H groups in total. The lowest BCUT2D eigenvalue weighted by Gasteiger charge is -2.28. The molecule has 5 heteroatoms. The maximum Gasteiger partial charge on any atom is 0.193 e. The predicted octanol–water partition coefficient (Wildman–Crippen LogP) is 3.26. The van der Waals surface area contributed by atoms with Crippen molar-refractivity contribution in [1.29, 1.82) is 0 Å². The Morgan fingerprint density at radius 1 is 1.19 bits per heavy atom. The number of guanidine groups is 1. The monoisotopic (exact) mass is 409 g/mol. The van der Waals surface area contributed by atoms with Gasteiger partial charge in [-0.05, 0) is 38.5 Å². The van der Waals surface area contributed by atoms with Crippen LogP contribution in [0.2, 0.25) is 0 Å². The van der Waals surface area contributed by atoms with Crippen LogP contribution in [0.5, 0.6) is 0 Å². The molecule has 2 unspecified atom stereocenters. The molecule has 4 nitrogen and oxygen atoms in total. The van der Waals surface area contributed by atoms with Crippen LogP contribution in [-0.4, -0.2) is 49.7 Å². The van der Waals surface area contributed by atoms with E-state index in [9.17, 15) is 0 Å². The third-order valence-electron chi connectivity index (χ3n) is 4.46. The summed E-state index contributed by atoms with van der Waals surface area (Å²) in [6, 6.07) is 0. The molecule has 2 aliphatic rings. The van der Waals surface area contributed by atoms with Crippen LogP contribution in [-0.2, 0) is 4.74 Å². The number of aliphatic imine (C=N–C) groups is 1. The Labute approximate surface area is 147 Å². The molecule has 0 spiro atoms. The van der Waals surface area contributed by atoms with Gasteiger partial charge >= 0.3 is 0 Å². The smallest absolute Gasteiger partial charge is 0.193 e. The van der Waals surface area contributed by atoms with Crippen LogP contribution >= 0.6 is 24.0 Å². The minimum absolute atomic E-state index is 0. The number of nitrogens with zero attached hydrogens (tertiary/aromatic N) is 2. The summed E-state index contributed by atoms with van der Waals surface area (Å²) in [5.41, 5.74) is 0. The lowest BCUT2D eigenvalue weighted by molar-refractivity contribution is -0.000711. The Balaban J connectivity index is 0.00000220. The van der Waals surface area contributed by atoms with E-state index in [1.807, 2.05) is 0 Å².